The molecule has 0 aliphatic carbocycles. The van der Waals surface area contributed by atoms with E-state index in [0.29, 0.717) is 12.1 Å². The average molecular weight is 425 g/mol. The first kappa shape index (κ1) is 24.6. The molecule has 2 aromatic carbocycles. The highest BCUT2D eigenvalue weighted by molar-refractivity contribution is 5.97. The van der Waals surface area contributed by atoms with Gasteiger partial charge in [-0.25, -0.2) is 0 Å². The summed E-state index contributed by atoms with van der Waals surface area (Å²) in [5.74, 6) is -0.413. The van der Waals surface area contributed by atoms with Crippen molar-refractivity contribution in [3.63, 3.8) is 0 Å². The molecule has 0 unspecified atom stereocenters. The molecule has 0 bridgehead atoms. The first-order chi connectivity index (χ1) is 14.5. The van der Waals surface area contributed by atoms with Gasteiger partial charge in [-0.3, -0.25) is 9.59 Å². The van der Waals surface area contributed by atoms with E-state index in [9.17, 15) is 9.59 Å². The van der Waals surface area contributed by atoms with Crippen LogP contribution >= 0.6 is 0 Å². The minimum atomic E-state index is -0.594. The maximum atomic E-state index is 13.0. The van der Waals surface area contributed by atoms with E-state index in [1.807, 2.05) is 56.3 Å². The van der Waals surface area contributed by atoms with Gasteiger partial charge in [-0.05, 0) is 29.0 Å². The van der Waals surface area contributed by atoms with Crippen LogP contribution in [0.25, 0.3) is 0 Å². The Labute approximate surface area is 187 Å². The highest BCUT2D eigenvalue weighted by Gasteiger charge is 2.27. The average Bonchev–Trinajstić information content (AvgIpc) is 2.71. The molecule has 31 heavy (non-hydrogen) atoms. The van der Waals surface area contributed by atoms with Gasteiger partial charge in [-0.2, -0.15) is 0 Å². The van der Waals surface area contributed by atoms with E-state index in [-0.39, 0.29) is 29.2 Å². The van der Waals surface area contributed by atoms with Gasteiger partial charge in [-0.15, -0.1) is 0 Å². The van der Waals surface area contributed by atoms with Gasteiger partial charge in [0.15, 0.2) is 0 Å². The Morgan fingerprint density at radius 2 is 1.52 bits per heavy atom. The quantitative estimate of drug-likeness (QED) is 0.610. The molecular weight excluding hydrogens is 386 g/mol. The summed E-state index contributed by atoms with van der Waals surface area (Å²) >= 11 is 0. The van der Waals surface area contributed by atoms with Crippen LogP contribution in [0.5, 0.6) is 0 Å². The molecule has 0 aromatic heterocycles. The summed E-state index contributed by atoms with van der Waals surface area (Å²) in [6, 6.07) is 17.3. The molecule has 2 atom stereocenters. The van der Waals surface area contributed by atoms with Crippen molar-refractivity contribution in [3.05, 3.63) is 71.3 Å². The number of amides is 2. The SMILES string of the molecule is CC(C)[C@H](NC(=O)c1ccc(C(C)(C)C)cc1)C(=O)NC[C@H](c1ccccc1)[NH+](C)C. The third kappa shape index (κ3) is 6.93. The van der Waals surface area contributed by atoms with Crippen LogP contribution in [0.3, 0.4) is 0 Å². The Morgan fingerprint density at radius 1 is 0.935 bits per heavy atom. The van der Waals surface area contributed by atoms with Crippen molar-refractivity contribution in [2.24, 2.45) is 5.92 Å². The van der Waals surface area contributed by atoms with Gasteiger partial charge in [0.2, 0.25) is 5.91 Å². The lowest BCUT2D eigenvalue weighted by atomic mass is 9.86. The lowest BCUT2D eigenvalue weighted by Gasteiger charge is -2.25. The fourth-order valence-corrected chi connectivity index (χ4v) is 3.53. The van der Waals surface area contributed by atoms with E-state index in [4.69, 9.17) is 0 Å². The highest BCUT2D eigenvalue weighted by Crippen LogP contribution is 2.22. The van der Waals surface area contributed by atoms with Crippen LogP contribution in [0.2, 0.25) is 0 Å². The number of carbonyl (C=O) groups excluding carboxylic acids is 2. The molecule has 0 spiro atoms. The molecule has 2 rings (SSSR count). The number of rotatable bonds is 8. The molecule has 0 radical (unpaired) electrons. The van der Waals surface area contributed by atoms with Crippen LogP contribution in [-0.4, -0.2) is 38.5 Å². The second-order valence-electron chi connectivity index (χ2n) is 9.81. The zero-order valence-electron chi connectivity index (χ0n) is 20.0. The molecule has 0 heterocycles. The van der Waals surface area contributed by atoms with Gasteiger partial charge < -0.3 is 15.5 Å². The van der Waals surface area contributed by atoms with Crippen molar-refractivity contribution in [2.45, 2.75) is 52.1 Å². The maximum Gasteiger partial charge on any atom is 0.251 e. The van der Waals surface area contributed by atoms with Gasteiger partial charge in [0.05, 0.1) is 20.6 Å². The standard InChI is InChI=1S/C26H37N3O2/c1-18(2)23(28-24(30)20-13-15-21(16-14-20)26(3,4)5)25(31)27-17-22(29(6)7)19-11-9-8-10-12-19/h8-16,18,22-23H,17H2,1-7H3,(H,27,31)(H,28,30)/p+1/t22-,23+/m1/s1. The summed E-state index contributed by atoms with van der Waals surface area (Å²) in [7, 11) is 4.15. The van der Waals surface area contributed by atoms with E-state index in [1.165, 1.54) is 16.0 Å². The molecular formula is C26H38N3O2+. The predicted octanol–water partition coefficient (Wildman–Crippen LogP) is 2.74. The molecule has 5 nitrogen and oxygen atoms in total. The largest absolute Gasteiger partial charge is 0.348 e. The van der Waals surface area contributed by atoms with Crippen molar-refractivity contribution in [1.82, 2.24) is 10.6 Å². The number of likely N-dealkylation sites (N-methyl/N-ethyl adjacent to an activating group) is 1. The molecule has 5 heteroatoms. The predicted molar refractivity (Wildman–Crippen MR) is 126 cm³/mol. The Balaban J connectivity index is 2.05. The van der Waals surface area contributed by atoms with Crippen LogP contribution in [0.15, 0.2) is 54.6 Å². The Hall–Kier alpha value is -2.66. The fourth-order valence-electron chi connectivity index (χ4n) is 3.53. The minimum Gasteiger partial charge on any atom is -0.348 e. The van der Waals surface area contributed by atoms with Crippen molar-refractivity contribution in [2.75, 3.05) is 20.6 Å². The summed E-state index contributed by atoms with van der Waals surface area (Å²) < 4.78 is 0. The number of benzene rings is 2. The molecule has 0 aliphatic rings. The monoisotopic (exact) mass is 424 g/mol. The second-order valence-corrected chi connectivity index (χ2v) is 9.81. The van der Waals surface area contributed by atoms with E-state index < -0.39 is 6.04 Å². The zero-order valence-corrected chi connectivity index (χ0v) is 20.0. The topological polar surface area (TPSA) is 62.6 Å². The fraction of sp³-hybridized carbons (Fsp3) is 0.462. The molecule has 2 amide bonds. The number of quaternary nitrogens is 1. The number of hydrogen-bond acceptors (Lipinski definition) is 2. The third-order valence-corrected chi connectivity index (χ3v) is 5.63. The summed E-state index contributed by atoms with van der Waals surface area (Å²) in [5.41, 5.74) is 2.93. The Morgan fingerprint density at radius 3 is 2.00 bits per heavy atom. The Bertz CT molecular complexity index is 852. The molecule has 2 aromatic rings. The van der Waals surface area contributed by atoms with Crippen LogP contribution in [0.1, 0.15) is 62.1 Å². The lowest BCUT2D eigenvalue weighted by Crippen LogP contribution is -3.07. The smallest absolute Gasteiger partial charge is 0.251 e. The van der Waals surface area contributed by atoms with E-state index in [2.05, 4.69) is 57.6 Å². The minimum absolute atomic E-state index is 0.0269. The summed E-state index contributed by atoms with van der Waals surface area (Å²) in [6.07, 6.45) is 0. The third-order valence-electron chi connectivity index (χ3n) is 5.63. The van der Waals surface area contributed by atoms with Crippen molar-refractivity contribution < 1.29 is 14.5 Å². The molecule has 0 saturated carbocycles. The van der Waals surface area contributed by atoms with Gasteiger partial charge >= 0.3 is 0 Å². The summed E-state index contributed by atoms with van der Waals surface area (Å²) in [4.78, 5) is 27.0. The lowest BCUT2D eigenvalue weighted by molar-refractivity contribution is -0.890. The zero-order chi connectivity index (χ0) is 23.2. The van der Waals surface area contributed by atoms with Gasteiger partial charge in [0, 0.05) is 11.1 Å². The van der Waals surface area contributed by atoms with Gasteiger partial charge in [-0.1, -0.05) is 77.1 Å². The Kier molecular flexibility index (Phi) is 8.40. The van der Waals surface area contributed by atoms with Crippen LogP contribution in [0.4, 0.5) is 0 Å². The normalized spacial score (nSPS) is 13.7. The molecule has 0 saturated heterocycles. The molecule has 168 valence electrons. The van der Waals surface area contributed by atoms with Gasteiger partial charge in [0.25, 0.3) is 5.91 Å². The van der Waals surface area contributed by atoms with Crippen molar-refractivity contribution in [3.8, 4) is 0 Å². The number of carbonyl (C=O) groups is 2. The van der Waals surface area contributed by atoms with Crippen molar-refractivity contribution in [1.29, 1.82) is 0 Å². The molecule has 3 N–H and O–H groups in total. The summed E-state index contributed by atoms with van der Waals surface area (Å²) in [5, 5.41) is 5.98. The van der Waals surface area contributed by atoms with Crippen LogP contribution < -0.4 is 15.5 Å². The van der Waals surface area contributed by atoms with Crippen LogP contribution in [-0.2, 0) is 10.2 Å². The second kappa shape index (κ2) is 10.6. The van der Waals surface area contributed by atoms with E-state index in [0.717, 1.165) is 0 Å². The van der Waals surface area contributed by atoms with Crippen LogP contribution in [0, 0.1) is 5.92 Å². The first-order valence-electron chi connectivity index (χ1n) is 11.0. The molecule has 0 aliphatic heterocycles. The van der Waals surface area contributed by atoms with Crippen molar-refractivity contribution >= 4 is 11.8 Å². The highest BCUT2D eigenvalue weighted by atomic mass is 16.2. The first-order valence-corrected chi connectivity index (χ1v) is 11.0. The van der Waals surface area contributed by atoms with Gasteiger partial charge in [0.1, 0.15) is 12.1 Å². The number of nitrogens with one attached hydrogen (secondary N) is 3. The maximum absolute atomic E-state index is 13.0. The molecule has 0 fully saturated rings. The number of hydrogen-bond donors (Lipinski definition) is 3. The summed E-state index contributed by atoms with van der Waals surface area (Å²) in [6.45, 7) is 10.8. The van der Waals surface area contributed by atoms with E-state index in [1.54, 1.807) is 0 Å². The van der Waals surface area contributed by atoms with E-state index >= 15 is 0 Å².